The monoisotopic (exact) mass is 576 g/mol. The zero-order valence-electron chi connectivity index (χ0n) is 26.2. The minimum absolute atomic E-state index is 0.156. The van der Waals surface area contributed by atoms with Crippen molar-refractivity contribution in [1.29, 1.82) is 0 Å². The number of carbonyl (C=O) groups is 2. The Morgan fingerprint density at radius 3 is 1.80 bits per heavy atom. The summed E-state index contributed by atoms with van der Waals surface area (Å²) in [6, 6.07) is 0. The number of allylic oxidation sites excluding steroid dienone is 6. The van der Waals surface area contributed by atoms with E-state index in [2.05, 4.69) is 32.1 Å². The first-order chi connectivity index (χ1) is 20.0. The Labute approximate surface area is 251 Å². The fraction of sp³-hybridized carbons (Fsp3) is 0.714. The van der Waals surface area contributed by atoms with Crippen LogP contribution < -0.4 is 0 Å². The van der Waals surface area contributed by atoms with E-state index in [-0.39, 0.29) is 31.6 Å². The van der Waals surface area contributed by atoms with Crippen molar-refractivity contribution in [3.63, 3.8) is 0 Å². The highest BCUT2D eigenvalue weighted by atomic mass is 16.6. The Bertz CT molecular complexity index is 724. The zero-order valence-corrected chi connectivity index (χ0v) is 26.2. The Morgan fingerprint density at radius 1 is 0.610 bits per heavy atom. The molecule has 0 aliphatic rings. The van der Waals surface area contributed by atoms with Gasteiger partial charge in [0.2, 0.25) is 0 Å². The van der Waals surface area contributed by atoms with Crippen LogP contribution in [0.5, 0.6) is 0 Å². The molecule has 0 aromatic rings. The average molecular weight is 577 g/mol. The molecule has 6 heteroatoms. The molecule has 1 unspecified atom stereocenters. The number of carbonyl (C=O) groups excluding carboxylic acids is 2. The molecular weight excluding hydrogens is 516 g/mol. The van der Waals surface area contributed by atoms with E-state index in [1.807, 2.05) is 24.3 Å². The van der Waals surface area contributed by atoms with Crippen molar-refractivity contribution >= 4 is 11.9 Å². The summed E-state index contributed by atoms with van der Waals surface area (Å²) in [7, 11) is 0. The zero-order chi connectivity index (χ0) is 30.2. The van der Waals surface area contributed by atoms with Gasteiger partial charge < -0.3 is 19.7 Å². The smallest absolute Gasteiger partial charge is 0.305 e. The van der Waals surface area contributed by atoms with Crippen molar-refractivity contribution < 1.29 is 29.3 Å². The van der Waals surface area contributed by atoms with Gasteiger partial charge >= 0.3 is 11.9 Å². The highest BCUT2D eigenvalue weighted by Gasteiger charge is 2.11. The number of rotatable bonds is 28. The molecule has 0 aliphatic carbocycles. The second-order valence-corrected chi connectivity index (χ2v) is 10.8. The lowest BCUT2D eigenvalue weighted by molar-refractivity contribution is -0.152. The molecule has 236 valence electrons. The van der Waals surface area contributed by atoms with E-state index < -0.39 is 12.2 Å². The van der Waals surface area contributed by atoms with Crippen LogP contribution in [0.15, 0.2) is 48.6 Å². The first kappa shape index (κ1) is 38.8. The summed E-state index contributed by atoms with van der Waals surface area (Å²) in [6.07, 6.45) is 33.3. The van der Waals surface area contributed by atoms with E-state index >= 15 is 0 Å². The van der Waals surface area contributed by atoms with Gasteiger partial charge in [0, 0.05) is 12.8 Å². The molecule has 0 radical (unpaired) electrons. The summed E-state index contributed by atoms with van der Waals surface area (Å²) in [5.41, 5.74) is 0. The van der Waals surface area contributed by atoms with Gasteiger partial charge in [-0.05, 0) is 44.9 Å². The SMILES string of the molecule is CCCCC/C=C\C/C=C\CC(O)/C=C\C=C\CCCC(=O)OC[C@H](O)COC(=O)CCCCCCCCCCC. The van der Waals surface area contributed by atoms with E-state index in [1.165, 1.54) is 57.8 Å². The van der Waals surface area contributed by atoms with Crippen LogP contribution in [0.25, 0.3) is 0 Å². The molecule has 2 N–H and O–H groups in total. The molecule has 0 saturated heterocycles. The quantitative estimate of drug-likeness (QED) is 0.0420. The van der Waals surface area contributed by atoms with Crippen LogP contribution >= 0.6 is 0 Å². The van der Waals surface area contributed by atoms with Crippen LogP contribution in [0.3, 0.4) is 0 Å². The minimum Gasteiger partial charge on any atom is -0.463 e. The van der Waals surface area contributed by atoms with E-state index in [1.54, 1.807) is 6.08 Å². The summed E-state index contributed by atoms with van der Waals surface area (Å²) >= 11 is 0. The molecular formula is C35H60O6. The number of unbranched alkanes of at least 4 members (excludes halogenated alkanes) is 12. The molecule has 41 heavy (non-hydrogen) atoms. The molecule has 2 atom stereocenters. The summed E-state index contributed by atoms with van der Waals surface area (Å²) in [6.45, 7) is 4.09. The van der Waals surface area contributed by atoms with E-state index in [0.29, 0.717) is 25.7 Å². The number of hydrogen-bond acceptors (Lipinski definition) is 6. The second-order valence-electron chi connectivity index (χ2n) is 10.8. The van der Waals surface area contributed by atoms with Crippen LogP contribution in [0, 0.1) is 0 Å². The van der Waals surface area contributed by atoms with Crippen LogP contribution in [-0.2, 0) is 19.1 Å². The van der Waals surface area contributed by atoms with Gasteiger partial charge in [-0.15, -0.1) is 0 Å². The number of hydrogen-bond donors (Lipinski definition) is 2. The number of esters is 2. The molecule has 0 aromatic heterocycles. The fourth-order valence-corrected chi connectivity index (χ4v) is 4.10. The summed E-state index contributed by atoms with van der Waals surface area (Å²) < 4.78 is 10.2. The summed E-state index contributed by atoms with van der Waals surface area (Å²) in [5, 5.41) is 19.9. The van der Waals surface area contributed by atoms with Crippen molar-refractivity contribution in [1.82, 2.24) is 0 Å². The maximum atomic E-state index is 11.9. The van der Waals surface area contributed by atoms with E-state index in [0.717, 1.165) is 32.1 Å². The molecule has 0 saturated carbocycles. The summed E-state index contributed by atoms with van der Waals surface area (Å²) in [4.78, 5) is 23.7. The van der Waals surface area contributed by atoms with Crippen molar-refractivity contribution in [2.45, 2.75) is 148 Å². The maximum absolute atomic E-state index is 11.9. The average Bonchev–Trinajstić information content (AvgIpc) is 2.96. The molecule has 0 aromatic carbocycles. The van der Waals surface area contributed by atoms with Gasteiger partial charge in [-0.3, -0.25) is 9.59 Å². The van der Waals surface area contributed by atoms with Gasteiger partial charge in [-0.2, -0.15) is 0 Å². The molecule has 6 nitrogen and oxygen atoms in total. The molecule has 0 aliphatic heterocycles. The van der Waals surface area contributed by atoms with Crippen molar-refractivity contribution in [2.24, 2.45) is 0 Å². The Balaban J connectivity index is 3.70. The van der Waals surface area contributed by atoms with Crippen LogP contribution in [-0.4, -0.2) is 47.6 Å². The first-order valence-electron chi connectivity index (χ1n) is 16.3. The predicted octanol–water partition coefficient (Wildman–Crippen LogP) is 8.47. The lowest BCUT2D eigenvalue weighted by atomic mass is 10.1. The maximum Gasteiger partial charge on any atom is 0.305 e. The molecule has 0 rings (SSSR count). The molecule has 0 heterocycles. The third-order valence-electron chi connectivity index (χ3n) is 6.65. The first-order valence-corrected chi connectivity index (χ1v) is 16.3. The van der Waals surface area contributed by atoms with Gasteiger partial charge in [0.15, 0.2) is 0 Å². The van der Waals surface area contributed by atoms with Gasteiger partial charge in [0.1, 0.15) is 19.3 Å². The highest BCUT2D eigenvalue weighted by Crippen LogP contribution is 2.11. The topological polar surface area (TPSA) is 93.1 Å². The lowest BCUT2D eigenvalue weighted by Crippen LogP contribution is -2.25. The molecule has 0 spiro atoms. The minimum atomic E-state index is -1.01. The van der Waals surface area contributed by atoms with Crippen molar-refractivity contribution in [3.05, 3.63) is 48.6 Å². The largest absolute Gasteiger partial charge is 0.463 e. The van der Waals surface area contributed by atoms with E-state index in [9.17, 15) is 19.8 Å². The van der Waals surface area contributed by atoms with Crippen LogP contribution in [0.1, 0.15) is 136 Å². The molecule has 0 amide bonds. The number of aliphatic hydroxyl groups excluding tert-OH is 2. The Morgan fingerprint density at radius 2 is 1.15 bits per heavy atom. The molecule has 0 fully saturated rings. The Hall–Kier alpha value is -2.18. The van der Waals surface area contributed by atoms with E-state index in [4.69, 9.17) is 9.47 Å². The molecule has 0 bridgehead atoms. The van der Waals surface area contributed by atoms with Crippen molar-refractivity contribution in [3.8, 4) is 0 Å². The van der Waals surface area contributed by atoms with Gasteiger partial charge in [-0.1, -0.05) is 127 Å². The predicted molar refractivity (Wildman–Crippen MR) is 170 cm³/mol. The van der Waals surface area contributed by atoms with Crippen molar-refractivity contribution in [2.75, 3.05) is 13.2 Å². The third kappa shape index (κ3) is 30.6. The number of aliphatic hydroxyl groups is 2. The summed E-state index contributed by atoms with van der Waals surface area (Å²) in [5.74, 6) is -0.698. The number of ether oxygens (including phenoxy) is 2. The van der Waals surface area contributed by atoms with Crippen LogP contribution in [0.4, 0.5) is 0 Å². The van der Waals surface area contributed by atoms with Gasteiger partial charge in [-0.25, -0.2) is 0 Å². The standard InChI is InChI=1S/C35H60O6/c1-3-5-7-9-11-13-15-18-22-26-32(36)27-23-19-17-21-25-29-35(39)41-31-33(37)30-40-34(38)28-24-20-16-14-12-10-8-6-4-2/h11,13,17-19,22-23,27,32-33,36-37H,3-10,12,14-16,20-21,24-26,28-31H2,1-2H3/b13-11-,19-17+,22-18-,27-23-/t32?,33-/m1/s1. The van der Waals surface area contributed by atoms with Gasteiger partial charge in [0.05, 0.1) is 6.10 Å². The fourth-order valence-electron chi connectivity index (χ4n) is 4.10. The lowest BCUT2D eigenvalue weighted by Gasteiger charge is -2.12. The van der Waals surface area contributed by atoms with Gasteiger partial charge in [0.25, 0.3) is 0 Å². The Kier molecular flexibility index (Phi) is 29.1. The second kappa shape index (κ2) is 30.8. The third-order valence-corrected chi connectivity index (χ3v) is 6.65. The normalized spacial score (nSPS) is 13.6. The van der Waals surface area contributed by atoms with Crippen LogP contribution in [0.2, 0.25) is 0 Å². The highest BCUT2D eigenvalue weighted by molar-refractivity contribution is 5.69.